The van der Waals surface area contributed by atoms with Gasteiger partial charge in [-0.25, -0.2) is 0 Å². The highest BCUT2D eigenvalue weighted by molar-refractivity contribution is 5.76. The number of nitrogens with one attached hydrogen (secondary N) is 1. The van der Waals surface area contributed by atoms with Crippen LogP contribution in [0.25, 0.3) is 0 Å². The second kappa shape index (κ2) is 37.9. The average molecular weight is 1040 g/mol. The van der Waals surface area contributed by atoms with E-state index in [1.54, 1.807) is 0 Å². The maximum Gasteiger partial charge on any atom is 0.220 e. The standard InChI is InChI=1S/C54H91NO18/c1-3-5-7-9-11-13-14-15-16-17-18-19-20-21-22-24-26-28-30-32-42(60)55-37(38(59)31-29-27-25-23-12-10-8-6-4-2)36-68-52-48(66)45(63)50(40(34-57)70-52)73-54-49(67)46(64)51(41(35-58)71-54)72-53-47(65)44(62)43(61)39(33-56)69-53/h5,7,11,13,15-16,18-19,21-22,26,28,37-41,43-54,56-59,61-67H,3-4,6,8-10,12,14,17,20,23-25,27,29-36H2,1-2H3,(H,55,60)/b7-5-,13-11-,16-15-,19-18-,22-21-,28-26-. The van der Waals surface area contributed by atoms with Crippen molar-refractivity contribution in [2.45, 2.75) is 234 Å². The topological polar surface area (TPSA) is 307 Å². The molecule has 0 radical (unpaired) electrons. The molecule has 0 aromatic heterocycles. The highest BCUT2D eigenvalue weighted by Gasteiger charge is 2.53. The van der Waals surface area contributed by atoms with E-state index in [1.165, 1.54) is 25.7 Å². The van der Waals surface area contributed by atoms with Crippen LogP contribution in [0.1, 0.15) is 129 Å². The third kappa shape index (κ3) is 23.2. The van der Waals surface area contributed by atoms with Crippen LogP contribution in [0.3, 0.4) is 0 Å². The third-order valence-electron chi connectivity index (χ3n) is 13.1. The molecule has 19 nitrogen and oxygen atoms in total. The summed E-state index contributed by atoms with van der Waals surface area (Å²) in [5.41, 5.74) is 0. The third-order valence-corrected chi connectivity index (χ3v) is 13.1. The van der Waals surface area contributed by atoms with Gasteiger partial charge >= 0.3 is 0 Å². The number of allylic oxidation sites excluding steroid dienone is 12. The minimum Gasteiger partial charge on any atom is -0.394 e. The van der Waals surface area contributed by atoms with E-state index in [9.17, 15) is 61.0 Å². The fraction of sp³-hybridized carbons (Fsp3) is 0.759. The minimum absolute atomic E-state index is 0.137. The Bertz CT molecular complexity index is 1620. The first kappa shape index (κ1) is 64.5. The summed E-state index contributed by atoms with van der Waals surface area (Å²) in [7, 11) is 0. The molecule has 3 fully saturated rings. The number of hydrogen-bond donors (Lipinski definition) is 12. The Morgan fingerprint density at radius 3 is 1.40 bits per heavy atom. The molecule has 73 heavy (non-hydrogen) atoms. The van der Waals surface area contributed by atoms with Gasteiger partial charge in [-0.2, -0.15) is 0 Å². The zero-order chi connectivity index (χ0) is 53.4. The van der Waals surface area contributed by atoms with Gasteiger partial charge < -0.3 is 89.9 Å². The summed E-state index contributed by atoms with van der Waals surface area (Å²) >= 11 is 0. The lowest BCUT2D eigenvalue weighted by molar-refractivity contribution is -0.379. The van der Waals surface area contributed by atoms with E-state index >= 15 is 0 Å². The second-order valence-corrected chi connectivity index (χ2v) is 19.0. The van der Waals surface area contributed by atoms with Crippen LogP contribution in [-0.4, -0.2) is 193 Å². The van der Waals surface area contributed by atoms with Crippen LogP contribution in [0, 0.1) is 0 Å². The highest BCUT2D eigenvalue weighted by Crippen LogP contribution is 2.33. The van der Waals surface area contributed by atoms with Crippen LogP contribution in [-0.2, 0) is 33.2 Å². The Kier molecular flexibility index (Phi) is 33.5. The van der Waals surface area contributed by atoms with Crippen LogP contribution >= 0.6 is 0 Å². The van der Waals surface area contributed by atoms with Gasteiger partial charge in [-0.3, -0.25) is 4.79 Å². The van der Waals surface area contributed by atoms with Gasteiger partial charge in [0, 0.05) is 6.42 Å². The Balaban J connectivity index is 1.54. The first-order chi connectivity index (χ1) is 35.3. The van der Waals surface area contributed by atoms with Gasteiger partial charge in [-0.1, -0.05) is 145 Å². The number of hydrogen-bond acceptors (Lipinski definition) is 18. The van der Waals surface area contributed by atoms with Gasteiger partial charge in [0.15, 0.2) is 18.9 Å². The number of aliphatic hydroxyl groups excluding tert-OH is 11. The first-order valence-electron chi connectivity index (χ1n) is 26.7. The van der Waals surface area contributed by atoms with Crippen LogP contribution < -0.4 is 5.32 Å². The zero-order valence-electron chi connectivity index (χ0n) is 43.1. The summed E-state index contributed by atoms with van der Waals surface area (Å²) in [5, 5.41) is 120. The van der Waals surface area contributed by atoms with Gasteiger partial charge in [0.2, 0.25) is 5.91 Å². The Morgan fingerprint density at radius 2 is 0.918 bits per heavy atom. The molecule has 0 aromatic carbocycles. The molecule has 1 amide bonds. The predicted molar refractivity (Wildman–Crippen MR) is 272 cm³/mol. The number of aliphatic hydroxyl groups is 11. The SMILES string of the molecule is CC/C=C\C/C=C\C/C=C\C/C=C\C/C=C\C/C=C\CCC(=O)NC(COC1OC(CO)C(OC2OC(CO)C(OC3OC(CO)C(O)C(O)C3O)C(O)C2O)C(O)C1O)C(O)CCCCCCCCCCC. The predicted octanol–water partition coefficient (Wildman–Crippen LogP) is 2.70. The van der Waals surface area contributed by atoms with Crippen molar-refractivity contribution in [1.29, 1.82) is 0 Å². The van der Waals surface area contributed by atoms with Crippen molar-refractivity contribution >= 4 is 5.91 Å². The van der Waals surface area contributed by atoms with Crippen LogP contribution in [0.4, 0.5) is 0 Å². The molecular formula is C54H91NO18. The number of ether oxygens (including phenoxy) is 6. The fourth-order valence-corrected chi connectivity index (χ4v) is 8.63. The van der Waals surface area contributed by atoms with Gasteiger partial charge in [0.25, 0.3) is 0 Å². The van der Waals surface area contributed by atoms with Crippen molar-refractivity contribution in [2.24, 2.45) is 0 Å². The maximum absolute atomic E-state index is 13.2. The van der Waals surface area contributed by atoms with Crippen molar-refractivity contribution in [2.75, 3.05) is 26.4 Å². The molecule has 17 atom stereocenters. The average Bonchev–Trinajstić information content (AvgIpc) is 3.39. The number of unbranched alkanes of at least 4 members (excludes halogenated alkanes) is 8. The molecule has 3 aliphatic heterocycles. The molecule has 0 saturated carbocycles. The number of carbonyl (C=O) groups is 1. The van der Waals surface area contributed by atoms with Crippen LogP contribution in [0.5, 0.6) is 0 Å². The summed E-state index contributed by atoms with van der Waals surface area (Å²) in [4.78, 5) is 13.2. The van der Waals surface area contributed by atoms with Crippen LogP contribution in [0.15, 0.2) is 72.9 Å². The molecule has 3 heterocycles. The molecule has 19 heteroatoms. The smallest absolute Gasteiger partial charge is 0.220 e. The largest absolute Gasteiger partial charge is 0.394 e. The van der Waals surface area contributed by atoms with Gasteiger partial charge in [0.05, 0.1) is 38.6 Å². The highest BCUT2D eigenvalue weighted by atomic mass is 16.8. The molecule has 3 aliphatic rings. The normalized spacial score (nSPS) is 32.3. The lowest BCUT2D eigenvalue weighted by Crippen LogP contribution is -2.66. The van der Waals surface area contributed by atoms with Crippen molar-refractivity contribution in [1.82, 2.24) is 5.32 Å². The van der Waals surface area contributed by atoms with Crippen molar-refractivity contribution in [3.05, 3.63) is 72.9 Å². The molecule has 3 rings (SSSR count). The van der Waals surface area contributed by atoms with Crippen LogP contribution in [0.2, 0.25) is 0 Å². The summed E-state index contributed by atoms with van der Waals surface area (Å²) < 4.78 is 34.1. The summed E-state index contributed by atoms with van der Waals surface area (Å²) in [6.07, 6.45) is 14.6. The molecule has 12 N–H and O–H groups in total. The molecular weight excluding hydrogens is 951 g/mol. The van der Waals surface area contributed by atoms with E-state index in [0.717, 1.165) is 57.8 Å². The van der Waals surface area contributed by atoms with E-state index in [2.05, 4.69) is 79.9 Å². The Hall–Kier alpha value is -2.77. The zero-order valence-corrected chi connectivity index (χ0v) is 43.1. The maximum atomic E-state index is 13.2. The molecule has 420 valence electrons. The number of carbonyl (C=O) groups excluding carboxylic acids is 1. The van der Waals surface area contributed by atoms with Gasteiger partial charge in [-0.05, 0) is 51.4 Å². The van der Waals surface area contributed by atoms with E-state index in [-0.39, 0.29) is 18.9 Å². The van der Waals surface area contributed by atoms with E-state index in [0.29, 0.717) is 25.7 Å². The van der Waals surface area contributed by atoms with Crippen molar-refractivity contribution < 1.29 is 89.4 Å². The van der Waals surface area contributed by atoms with Gasteiger partial charge in [-0.15, -0.1) is 0 Å². The van der Waals surface area contributed by atoms with E-state index in [4.69, 9.17) is 28.4 Å². The summed E-state index contributed by atoms with van der Waals surface area (Å²) in [5.74, 6) is -0.332. The quantitative estimate of drug-likeness (QED) is 0.0317. The van der Waals surface area contributed by atoms with Gasteiger partial charge in [0.1, 0.15) is 73.2 Å². The minimum atomic E-state index is -1.98. The second-order valence-electron chi connectivity index (χ2n) is 19.0. The van der Waals surface area contributed by atoms with Crippen molar-refractivity contribution in [3.8, 4) is 0 Å². The summed E-state index contributed by atoms with van der Waals surface area (Å²) in [6.45, 7) is 1.54. The summed E-state index contributed by atoms with van der Waals surface area (Å²) in [6, 6.07) is -0.929. The molecule has 17 unspecified atom stereocenters. The van der Waals surface area contributed by atoms with E-state index < -0.39 is 124 Å². The molecule has 0 aliphatic carbocycles. The Labute approximate surface area is 432 Å². The lowest BCUT2D eigenvalue weighted by Gasteiger charge is -2.48. The van der Waals surface area contributed by atoms with E-state index in [1.807, 2.05) is 12.2 Å². The number of amides is 1. The molecule has 0 spiro atoms. The fourth-order valence-electron chi connectivity index (χ4n) is 8.63. The van der Waals surface area contributed by atoms with Crippen molar-refractivity contribution in [3.63, 3.8) is 0 Å². The molecule has 0 aromatic rings. The first-order valence-corrected chi connectivity index (χ1v) is 26.7. The molecule has 0 bridgehead atoms. The Morgan fingerprint density at radius 1 is 0.507 bits per heavy atom. The lowest BCUT2D eigenvalue weighted by atomic mass is 9.96. The number of rotatable bonds is 36. The monoisotopic (exact) mass is 1040 g/mol. The molecule has 3 saturated heterocycles.